The van der Waals surface area contributed by atoms with E-state index in [1.54, 1.807) is 0 Å². The third-order valence-corrected chi connectivity index (χ3v) is 4.18. The van der Waals surface area contributed by atoms with Gasteiger partial charge in [-0.3, -0.25) is 0 Å². The summed E-state index contributed by atoms with van der Waals surface area (Å²) in [5.74, 6) is 0.520. The van der Waals surface area contributed by atoms with Gasteiger partial charge in [0.1, 0.15) is 17.5 Å². The lowest BCUT2D eigenvalue weighted by Crippen LogP contribution is -2.22. The number of nitrogens with two attached hydrogens (primary N) is 1. The number of rotatable bonds is 2. The summed E-state index contributed by atoms with van der Waals surface area (Å²) in [5, 5.41) is 9.53. The van der Waals surface area contributed by atoms with Crippen LogP contribution in [0.2, 0.25) is 0 Å². The van der Waals surface area contributed by atoms with E-state index in [-0.39, 0.29) is 5.54 Å². The molecule has 0 aliphatic carbocycles. The third-order valence-electron chi connectivity index (χ3n) is 4.18. The number of hydrogen-bond acceptors (Lipinski definition) is 2. The Hall–Kier alpha value is -2.99. The molecule has 0 aliphatic rings. The molecule has 0 bridgehead atoms. The third kappa shape index (κ3) is 2.79. The largest absolute Gasteiger partial charge is 0.384 e. The highest BCUT2D eigenvalue weighted by Crippen LogP contribution is 2.34. The predicted molar refractivity (Wildman–Crippen MR) is 99.4 cm³/mol. The zero-order chi connectivity index (χ0) is 17.3. The van der Waals surface area contributed by atoms with E-state index < -0.39 is 0 Å². The molecule has 2 aromatic carbocycles. The SMILES string of the molecule is CC(C)(C)n1cc(-c2ccc(-c3ccccc3)cc2)c(C#N)c1N. The average Bonchev–Trinajstić information content (AvgIpc) is 2.92. The Morgan fingerprint density at radius 2 is 1.42 bits per heavy atom. The monoisotopic (exact) mass is 315 g/mol. The van der Waals surface area contributed by atoms with Crippen molar-refractivity contribution in [2.45, 2.75) is 26.3 Å². The Balaban J connectivity index is 2.06. The summed E-state index contributed by atoms with van der Waals surface area (Å²) in [7, 11) is 0. The first-order valence-corrected chi connectivity index (χ1v) is 7.99. The molecule has 120 valence electrons. The summed E-state index contributed by atoms with van der Waals surface area (Å²) >= 11 is 0. The number of nitrogen functional groups attached to an aromatic ring is 1. The Bertz CT molecular complexity index is 889. The maximum atomic E-state index is 9.53. The fourth-order valence-electron chi connectivity index (χ4n) is 2.89. The maximum absolute atomic E-state index is 9.53. The molecule has 3 aromatic rings. The van der Waals surface area contributed by atoms with Gasteiger partial charge >= 0.3 is 0 Å². The van der Waals surface area contributed by atoms with Crippen LogP contribution < -0.4 is 5.73 Å². The summed E-state index contributed by atoms with van der Waals surface area (Å²) in [6.45, 7) is 6.23. The van der Waals surface area contributed by atoms with Crippen molar-refractivity contribution < 1.29 is 0 Å². The number of nitrogens with zero attached hydrogens (tertiary/aromatic N) is 2. The molecule has 0 fully saturated rings. The molecule has 0 spiro atoms. The molecule has 0 unspecified atom stereocenters. The van der Waals surface area contributed by atoms with Gasteiger partial charge in [0.25, 0.3) is 0 Å². The van der Waals surface area contributed by atoms with Gasteiger partial charge in [-0.25, -0.2) is 0 Å². The molecule has 1 aromatic heterocycles. The van der Waals surface area contributed by atoms with Gasteiger partial charge < -0.3 is 10.3 Å². The smallest absolute Gasteiger partial charge is 0.122 e. The lowest BCUT2D eigenvalue weighted by Gasteiger charge is -2.22. The normalized spacial score (nSPS) is 11.2. The number of nitriles is 1. The summed E-state index contributed by atoms with van der Waals surface area (Å²) in [6, 6.07) is 20.7. The molecule has 1 heterocycles. The van der Waals surface area contributed by atoms with Crippen LogP contribution in [0.5, 0.6) is 0 Å². The quantitative estimate of drug-likeness (QED) is 0.721. The highest BCUT2D eigenvalue weighted by Gasteiger charge is 2.22. The van der Waals surface area contributed by atoms with Gasteiger partial charge in [-0.2, -0.15) is 5.26 Å². The van der Waals surface area contributed by atoms with E-state index >= 15 is 0 Å². The molecule has 3 rings (SSSR count). The van der Waals surface area contributed by atoms with E-state index in [0.717, 1.165) is 16.7 Å². The fraction of sp³-hybridized carbons (Fsp3) is 0.190. The number of aromatic nitrogens is 1. The fourth-order valence-corrected chi connectivity index (χ4v) is 2.89. The molecule has 3 nitrogen and oxygen atoms in total. The Kier molecular flexibility index (Phi) is 3.91. The second kappa shape index (κ2) is 5.90. The molecule has 24 heavy (non-hydrogen) atoms. The van der Waals surface area contributed by atoms with Gasteiger partial charge in [-0.05, 0) is 37.5 Å². The highest BCUT2D eigenvalue weighted by atomic mass is 15.1. The van der Waals surface area contributed by atoms with Gasteiger partial charge in [0.05, 0.1) is 0 Å². The molecule has 3 heteroatoms. The molecule has 2 N–H and O–H groups in total. The highest BCUT2D eigenvalue weighted by molar-refractivity contribution is 5.78. The number of anilines is 1. The summed E-state index contributed by atoms with van der Waals surface area (Å²) in [6.07, 6.45) is 1.98. The van der Waals surface area contributed by atoms with Gasteiger partial charge in [0, 0.05) is 17.3 Å². The summed E-state index contributed by atoms with van der Waals surface area (Å²) < 4.78 is 1.96. The van der Waals surface area contributed by atoms with Crippen LogP contribution in [-0.4, -0.2) is 4.57 Å². The standard InChI is InChI=1S/C21H21N3/c1-21(2,3)24-14-19(18(13-22)20(24)23)17-11-9-16(10-12-17)15-7-5-4-6-8-15/h4-12,14H,23H2,1-3H3. The van der Waals surface area contributed by atoms with Crippen molar-refractivity contribution >= 4 is 5.82 Å². The maximum Gasteiger partial charge on any atom is 0.122 e. The minimum absolute atomic E-state index is 0.169. The first-order chi connectivity index (χ1) is 11.4. The van der Waals surface area contributed by atoms with Gasteiger partial charge in [-0.15, -0.1) is 0 Å². The molecular formula is C21H21N3. The molecule has 0 saturated carbocycles. The first kappa shape index (κ1) is 15.9. The second-order valence-corrected chi connectivity index (χ2v) is 6.90. The Morgan fingerprint density at radius 3 is 1.96 bits per heavy atom. The van der Waals surface area contributed by atoms with Crippen molar-refractivity contribution in [1.29, 1.82) is 5.26 Å². The summed E-state index contributed by atoms with van der Waals surface area (Å²) in [5.41, 5.74) is 10.8. The minimum atomic E-state index is -0.169. The van der Waals surface area contributed by atoms with Crippen molar-refractivity contribution in [3.05, 3.63) is 66.4 Å². The zero-order valence-electron chi connectivity index (χ0n) is 14.2. The second-order valence-electron chi connectivity index (χ2n) is 6.90. The van der Waals surface area contributed by atoms with Gasteiger partial charge in [0.2, 0.25) is 0 Å². The molecule has 0 amide bonds. The zero-order valence-corrected chi connectivity index (χ0v) is 14.2. The van der Waals surface area contributed by atoms with Crippen molar-refractivity contribution in [2.75, 3.05) is 5.73 Å². The van der Waals surface area contributed by atoms with Crippen molar-refractivity contribution in [3.63, 3.8) is 0 Å². The van der Waals surface area contributed by atoms with E-state index in [1.165, 1.54) is 5.56 Å². The van der Waals surface area contributed by atoms with Gasteiger partial charge in [0.15, 0.2) is 0 Å². The molecule has 0 saturated heterocycles. The van der Waals surface area contributed by atoms with E-state index in [2.05, 4.69) is 51.1 Å². The van der Waals surface area contributed by atoms with E-state index in [1.807, 2.05) is 41.1 Å². The predicted octanol–water partition coefficient (Wildman–Crippen LogP) is 5.03. The van der Waals surface area contributed by atoms with Crippen molar-refractivity contribution in [3.8, 4) is 28.3 Å². The van der Waals surface area contributed by atoms with Crippen LogP contribution in [0.1, 0.15) is 26.3 Å². The van der Waals surface area contributed by atoms with Crippen LogP contribution in [0, 0.1) is 11.3 Å². The van der Waals surface area contributed by atoms with Gasteiger partial charge in [-0.1, -0.05) is 54.6 Å². The molecule has 0 atom stereocenters. The van der Waals surface area contributed by atoms with Crippen LogP contribution in [-0.2, 0) is 5.54 Å². The van der Waals surface area contributed by atoms with Crippen LogP contribution in [0.15, 0.2) is 60.8 Å². The van der Waals surface area contributed by atoms with Crippen molar-refractivity contribution in [1.82, 2.24) is 4.57 Å². The van der Waals surface area contributed by atoms with Crippen LogP contribution in [0.25, 0.3) is 22.3 Å². The molecular weight excluding hydrogens is 294 g/mol. The van der Waals surface area contributed by atoms with E-state index in [4.69, 9.17) is 5.73 Å². The number of benzene rings is 2. The van der Waals surface area contributed by atoms with Crippen molar-refractivity contribution in [2.24, 2.45) is 0 Å². The topological polar surface area (TPSA) is 54.7 Å². The van der Waals surface area contributed by atoms with E-state index in [9.17, 15) is 5.26 Å². The Labute approximate surface area is 143 Å². The molecule has 0 radical (unpaired) electrons. The van der Waals surface area contributed by atoms with E-state index in [0.29, 0.717) is 11.4 Å². The lowest BCUT2D eigenvalue weighted by molar-refractivity contribution is 0.404. The molecule has 0 aliphatic heterocycles. The van der Waals surface area contributed by atoms with Crippen LogP contribution in [0.4, 0.5) is 5.82 Å². The first-order valence-electron chi connectivity index (χ1n) is 7.99. The Morgan fingerprint density at radius 1 is 0.875 bits per heavy atom. The lowest BCUT2D eigenvalue weighted by atomic mass is 10.00. The average molecular weight is 315 g/mol. The minimum Gasteiger partial charge on any atom is -0.384 e. The van der Waals surface area contributed by atoms with Crippen LogP contribution in [0.3, 0.4) is 0 Å². The summed E-state index contributed by atoms with van der Waals surface area (Å²) in [4.78, 5) is 0. The number of hydrogen-bond donors (Lipinski definition) is 1. The van der Waals surface area contributed by atoms with Crippen LogP contribution >= 0.6 is 0 Å².